The molecule has 3 rings (SSSR count). The molecule has 0 radical (unpaired) electrons. The van der Waals surface area contributed by atoms with Gasteiger partial charge in [0.05, 0.1) is 17.6 Å². The van der Waals surface area contributed by atoms with Gasteiger partial charge in [0.1, 0.15) is 5.76 Å². The fourth-order valence-electron chi connectivity index (χ4n) is 2.70. The van der Waals surface area contributed by atoms with Crippen LogP contribution in [0.4, 0.5) is 5.69 Å². The van der Waals surface area contributed by atoms with Crippen LogP contribution in [0, 0.1) is 20.8 Å². The molecule has 1 N–H and O–H groups in total. The first-order valence-corrected chi connectivity index (χ1v) is 9.46. The highest BCUT2D eigenvalue weighted by Crippen LogP contribution is 2.27. The van der Waals surface area contributed by atoms with E-state index in [1.807, 2.05) is 56.5 Å². The van der Waals surface area contributed by atoms with Gasteiger partial charge < -0.3 is 14.3 Å². The molecule has 7 heteroatoms. The van der Waals surface area contributed by atoms with Gasteiger partial charge in [-0.1, -0.05) is 23.9 Å². The smallest absolute Gasteiger partial charge is 0.234 e. The normalized spacial score (nSPS) is 10.9. The summed E-state index contributed by atoms with van der Waals surface area (Å²) in [4.78, 5) is 12.3. The van der Waals surface area contributed by atoms with E-state index in [-0.39, 0.29) is 11.7 Å². The summed E-state index contributed by atoms with van der Waals surface area (Å²) in [5.41, 5.74) is 4.01. The molecule has 0 unspecified atom stereocenters. The Hall–Kier alpha value is -2.54. The lowest BCUT2D eigenvalue weighted by Gasteiger charge is -2.10. The molecule has 0 aliphatic rings. The van der Waals surface area contributed by atoms with E-state index >= 15 is 0 Å². The third-order valence-corrected chi connectivity index (χ3v) is 5.31. The van der Waals surface area contributed by atoms with Crippen LogP contribution in [0.2, 0.25) is 0 Å². The number of hydrogen-bond acceptors (Lipinski definition) is 5. The zero-order chi connectivity index (χ0) is 18.7. The number of amides is 1. The number of carbonyl (C=O) groups excluding carboxylic acids is 1. The Morgan fingerprint density at radius 1 is 1.23 bits per heavy atom. The Kier molecular flexibility index (Phi) is 5.46. The minimum atomic E-state index is -0.0598. The van der Waals surface area contributed by atoms with E-state index < -0.39 is 0 Å². The monoisotopic (exact) mass is 370 g/mol. The quantitative estimate of drug-likeness (QED) is 0.658. The number of nitrogens with one attached hydrogen (secondary N) is 1. The molecule has 1 aromatic carbocycles. The van der Waals surface area contributed by atoms with Crippen molar-refractivity contribution in [1.82, 2.24) is 14.8 Å². The predicted octanol–water partition coefficient (Wildman–Crippen LogP) is 4.21. The molecule has 1 amide bonds. The molecule has 0 saturated carbocycles. The van der Waals surface area contributed by atoms with Crippen molar-refractivity contribution in [3.63, 3.8) is 0 Å². The van der Waals surface area contributed by atoms with Crippen molar-refractivity contribution in [2.45, 2.75) is 39.4 Å². The number of aromatic nitrogens is 3. The molecule has 26 heavy (non-hydrogen) atoms. The number of rotatable bonds is 6. The summed E-state index contributed by atoms with van der Waals surface area (Å²) in [7, 11) is 0. The first-order valence-electron chi connectivity index (χ1n) is 8.47. The maximum Gasteiger partial charge on any atom is 0.234 e. The third-order valence-electron chi connectivity index (χ3n) is 4.34. The Bertz CT molecular complexity index is 930. The highest BCUT2D eigenvalue weighted by atomic mass is 32.2. The SMILES string of the molecule is CCn1c(SCC(=O)Nc2cccc(C)c2C)nnc1-c1ccoc1C. The third kappa shape index (κ3) is 3.67. The van der Waals surface area contributed by atoms with Gasteiger partial charge >= 0.3 is 0 Å². The maximum atomic E-state index is 12.3. The molecule has 0 bridgehead atoms. The largest absolute Gasteiger partial charge is 0.469 e. The van der Waals surface area contributed by atoms with Gasteiger partial charge in [0, 0.05) is 12.2 Å². The van der Waals surface area contributed by atoms with Gasteiger partial charge in [0.25, 0.3) is 0 Å². The average molecular weight is 370 g/mol. The summed E-state index contributed by atoms with van der Waals surface area (Å²) in [6.45, 7) is 8.68. The number of furan rings is 1. The second-order valence-corrected chi connectivity index (χ2v) is 6.97. The topological polar surface area (TPSA) is 73.0 Å². The molecular formula is C19H22N4O2S. The van der Waals surface area contributed by atoms with Crippen LogP contribution in [-0.2, 0) is 11.3 Å². The number of anilines is 1. The molecule has 0 fully saturated rings. The van der Waals surface area contributed by atoms with Crippen molar-refractivity contribution >= 4 is 23.4 Å². The Labute approximate surface area is 157 Å². The van der Waals surface area contributed by atoms with Crippen LogP contribution in [0.15, 0.2) is 40.1 Å². The van der Waals surface area contributed by atoms with Crippen LogP contribution in [0.5, 0.6) is 0 Å². The zero-order valence-electron chi connectivity index (χ0n) is 15.4. The van der Waals surface area contributed by atoms with Crippen molar-refractivity contribution in [2.24, 2.45) is 0 Å². The first kappa shape index (κ1) is 18.3. The van der Waals surface area contributed by atoms with Gasteiger partial charge in [-0.3, -0.25) is 4.79 Å². The van der Waals surface area contributed by atoms with Gasteiger partial charge in [0.15, 0.2) is 11.0 Å². The lowest BCUT2D eigenvalue weighted by Crippen LogP contribution is -2.15. The summed E-state index contributed by atoms with van der Waals surface area (Å²) >= 11 is 1.38. The van der Waals surface area contributed by atoms with Crippen LogP contribution in [0.3, 0.4) is 0 Å². The number of benzene rings is 1. The number of aryl methyl sites for hydroxylation is 2. The van der Waals surface area contributed by atoms with Crippen LogP contribution < -0.4 is 5.32 Å². The summed E-state index contributed by atoms with van der Waals surface area (Å²) in [6.07, 6.45) is 1.64. The number of nitrogens with zero attached hydrogens (tertiary/aromatic N) is 3. The fourth-order valence-corrected chi connectivity index (χ4v) is 3.50. The molecule has 6 nitrogen and oxygen atoms in total. The zero-order valence-corrected chi connectivity index (χ0v) is 16.2. The Morgan fingerprint density at radius 2 is 2.04 bits per heavy atom. The van der Waals surface area contributed by atoms with Crippen molar-refractivity contribution in [3.05, 3.63) is 47.4 Å². The second-order valence-electron chi connectivity index (χ2n) is 6.03. The van der Waals surface area contributed by atoms with E-state index in [2.05, 4.69) is 15.5 Å². The lowest BCUT2D eigenvalue weighted by atomic mass is 10.1. The predicted molar refractivity (Wildman–Crippen MR) is 103 cm³/mol. The fraction of sp³-hybridized carbons (Fsp3) is 0.316. The number of hydrogen-bond donors (Lipinski definition) is 1. The average Bonchev–Trinajstić information content (AvgIpc) is 3.22. The van der Waals surface area contributed by atoms with E-state index in [0.717, 1.165) is 39.1 Å². The Morgan fingerprint density at radius 3 is 2.73 bits per heavy atom. The van der Waals surface area contributed by atoms with Crippen molar-refractivity contribution in [3.8, 4) is 11.4 Å². The van der Waals surface area contributed by atoms with Crippen LogP contribution >= 0.6 is 11.8 Å². The Balaban J connectivity index is 1.70. The maximum absolute atomic E-state index is 12.3. The number of carbonyl (C=O) groups is 1. The minimum absolute atomic E-state index is 0.0598. The molecule has 0 spiro atoms. The summed E-state index contributed by atoms with van der Waals surface area (Å²) in [6, 6.07) is 7.77. The van der Waals surface area contributed by atoms with Crippen LogP contribution in [-0.4, -0.2) is 26.4 Å². The lowest BCUT2D eigenvalue weighted by molar-refractivity contribution is -0.113. The van der Waals surface area contributed by atoms with E-state index in [1.54, 1.807) is 6.26 Å². The number of thioether (sulfide) groups is 1. The molecule has 0 saturated heterocycles. The van der Waals surface area contributed by atoms with Crippen LogP contribution in [0.25, 0.3) is 11.4 Å². The van der Waals surface area contributed by atoms with Gasteiger partial charge in [0.2, 0.25) is 5.91 Å². The molecule has 0 atom stereocenters. The van der Waals surface area contributed by atoms with Crippen molar-refractivity contribution < 1.29 is 9.21 Å². The highest BCUT2D eigenvalue weighted by molar-refractivity contribution is 7.99. The van der Waals surface area contributed by atoms with Gasteiger partial charge in [-0.2, -0.15) is 0 Å². The van der Waals surface area contributed by atoms with E-state index in [0.29, 0.717) is 6.54 Å². The van der Waals surface area contributed by atoms with E-state index in [9.17, 15) is 4.79 Å². The first-order chi connectivity index (χ1) is 12.5. The van der Waals surface area contributed by atoms with Gasteiger partial charge in [-0.15, -0.1) is 10.2 Å². The summed E-state index contributed by atoms with van der Waals surface area (Å²) in [5, 5.41) is 12.2. The molecule has 2 heterocycles. The standard InChI is InChI=1S/C19H22N4O2S/c1-5-23-18(15-9-10-25-14(15)4)21-22-19(23)26-11-17(24)20-16-8-6-7-12(2)13(16)3/h6-10H,5,11H2,1-4H3,(H,20,24). The van der Waals surface area contributed by atoms with Gasteiger partial charge in [-0.25, -0.2) is 0 Å². The molecular weight excluding hydrogens is 348 g/mol. The molecule has 3 aromatic rings. The van der Waals surface area contributed by atoms with Crippen molar-refractivity contribution in [1.29, 1.82) is 0 Å². The summed E-state index contributed by atoms with van der Waals surface area (Å²) < 4.78 is 7.35. The molecule has 0 aliphatic carbocycles. The summed E-state index contributed by atoms with van der Waals surface area (Å²) in [5.74, 6) is 1.78. The molecule has 2 aromatic heterocycles. The van der Waals surface area contributed by atoms with Crippen molar-refractivity contribution in [2.75, 3.05) is 11.1 Å². The minimum Gasteiger partial charge on any atom is -0.469 e. The van der Waals surface area contributed by atoms with Gasteiger partial charge in [-0.05, 0) is 51.0 Å². The second kappa shape index (κ2) is 7.78. The van der Waals surface area contributed by atoms with E-state index in [4.69, 9.17) is 4.42 Å². The highest BCUT2D eigenvalue weighted by Gasteiger charge is 2.17. The van der Waals surface area contributed by atoms with Crippen LogP contribution in [0.1, 0.15) is 23.8 Å². The molecule has 0 aliphatic heterocycles. The molecule has 136 valence electrons. The van der Waals surface area contributed by atoms with E-state index in [1.165, 1.54) is 11.8 Å².